The van der Waals surface area contributed by atoms with Crippen LogP contribution in [0.15, 0.2) is 103 Å². The monoisotopic (exact) mass is 495 g/mol. The number of benzene rings is 5. The van der Waals surface area contributed by atoms with Crippen molar-refractivity contribution >= 4 is 21.8 Å². The lowest BCUT2D eigenvalue weighted by Crippen LogP contribution is -1.96. The van der Waals surface area contributed by atoms with Crippen molar-refractivity contribution in [2.45, 2.75) is 0 Å². The maximum atomic E-state index is 9.65. The molecule has 5 nitrogen and oxygen atoms in total. The number of nitriles is 4. The Morgan fingerprint density at radius 2 is 0.897 bits per heavy atom. The minimum atomic E-state index is 0.323. The van der Waals surface area contributed by atoms with Crippen LogP contribution in [-0.4, -0.2) is 4.57 Å². The van der Waals surface area contributed by atoms with Crippen LogP contribution in [0.1, 0.15) is 22.3 Å². The quantitative estimate of drug-likeness (QED) is 0.252. The molecule has 0 saturated heterocycles. The van der Waals surface area contributed by atoms with Gasteiger partial charge in [-0.25, -0.2) is 0 Å². The van der Waals surface area contributed by atoms with Crippen molar-refractivity contribution in [3.63, 3.8) is 0 Å². The first-order chi connectivity index (χ1) is 19.1. The standard InChI is InChI=1S/C34H17N5/c35-18-26-7-6-23(14-28(26)20-37)25-10-13-34-32(17-25)31-16-24(22-4-2-1-3-5-22)9-12-33(31)39(34)30-11-8-27(19-36)29(15-30)21-38/h1-17H. The molecular formula is C34H17N5. The second-order valence-electron chi connectivity index (χ2n) is 9.10. The summed E-state index contributed by atoms with van der Waals surface area (Å²) in [4.78, 5) is 0. The summed E-state index contributed by atoms with van der Waals surface area (Å²) in [6.45, 7) is 0. The lowest BCUT2D eigenvalue weighted by Gasteiger charge is -2.10. The molecule has 1 heterocycles. The Hall–Kier alpha value is -6.14. The fourth-order valence-corrected chi connectivity index (χ4v) is 5.07. The van der Waals surface area contributed by atoms with Crippen LogP contribution in [0.3, 0.4) is 0 Å². The van der Waals surface area contributed by atoms with Crippen molar-refractivity contribution in [1.29, 1.82) is 21.0 Å². The molecule has 1 aromatic heterocycles. The molecule has 0 radical (unpaired) electrons. The molecule has 0 atom stereocenters. The molecule has 6 rings (SSSR count). The third-order valence-electron chi connectivity index (χ3n) is 6.97. The molecule has 178 valence electrons. The van der Waals surface area contributed by atoms with Gasteiger partial charge in [0.2, 0.25) is 0 Å². The molecule has 5 aromatic carbocycles. The van der Waals surface area contributed by atoms with Gasteiger partial charge in [0.05, 0.1) is 33.3 Å². The molecule has 0 unspecified atom stereocenters. The molecule has 5 heteroatoms. The van der Waals surface area contributed by atoms with Crippen LogP contribution in [0.25, 0.3) is 49.7 Å². The maximum absolute atomic E-state index is 9.65. The lowest BCUT2D eigenvalue weighted by molar-refractivity contribution is 1.17. The highest BCUT2D eigenvalue weighted by Crippen LogP contribution is 2.37. The molecule has 39 heavy (non-hydrogen) atoms. The average Bonchev–Trinajstić information content (AvgIpc) is 3.33. The van der Waals surface area contributed by atoms with Crippen molar-refractivity contribution in [3.05, 3.63) is 125 Å². The Morgan fingerprint density at radius 1 is 0.410 bits per heavy atom. The van der Waals surface area contributed by atoms with Crippen LogP contribution in [0, 0.1) is 45.3 Å². The maximum Gasteiger partial charge on any atom is 0.101 e. The summed E-state index contributed by atoms with van der Waals surface area (Å²) in [6, 6.07) is 41.6. The van der Waals surface area contributed by atoms with E-state index in [1.54, 1.807) is 24.3 Å². The number of hydrogen-bond donors (Lipinski definition) is 0. The van der Waals surface area contributed by atoms with Gasteiger partial charge in [-0.05, 0) is 76.9 Å². The van der Waals surface area contributed by atoms with Crippen molar-refractivity contribution in [1.82, 2.24) is 4.57 Å². The van der Waals surface area contributed by atoms with Crippen LogP contribution in [0.5, 0.6) is 0 Å². The molecule has 0 spiro atoms. The third-order valence-corrected chi connectivity index (χ3v) is 6.97. The number of nitrogens with zero attached hydrogens (tertiary/aromatic N) is 5. The summed E-state index contributed by atoms with van der Waals surface area (Å²) >= 11 is 0. The number of hydrogen-bond acceptors (Lipinski definition) is 4. The average molecular weight is 496 g/mol. The summed E-state index contributed by atoms with van der Waals surface area (Å²) in [5.74, 6) is 0. The van der Waals surface area contributed by atoms with E-state index in [1.165, 1.54) is 0 Å². The topological polar surface area (TPSA) is 100 Å². The van der Waals surface area contributed by atoms with E-state index in [0.717, 1.165) is 49.7 Å². The number of rotatable bonds is 3. The minimum absolute atomic E-state index is 0.323. The van der Waals surface area contributed by atoms with Gasteiger partial charge < -0.3 is 4.57 Å². The summed E-state index contributed by atoms with van der Waals surface area (Å²) in [6.07, 6.45) is 0. The van der Waals surface area contributed by atoms with Crippen LogP contribution in [0.2, 0.25) is 0 Å². The van der Waals surface area contributed by atoms with Crippen molar-refractivity contribution in [2.75, 3.05) is 0 Å². The fraction of sp³-hybridized carbons (Fsp3) is 0. The van der Waals surface area contributed by atoms with Crippen LogP contribution >= 0.6 is 0 Å². The Balaban J connectivity index is 1.65. The zero-order valence-electron chi connectivity index (χ0n) is 20.6. The van der Waals surface area contributed by atoms with Gasteiger partial charge in [0.15, 0.2) is 0 Å². The first-order valence-corrected chi connectivity index (χ1v) is 12.2. The van der Waals surface area contributed by atoms with Gasteiger partial charge in [-0.1, -0.05) is 48.5 Å². The predicted molar refractivity (Wildman–Crippen MR) is 151 cm³/mol. The summed E-state index contributed by atoms with van der Waals surface area (Å²) < 4.78 is 2.10. The molecule has 0 aliphatic carbocycles. The van der Waals surface area contributed by atoms with Gasteiger partial charge >= 0.3 is 0 Å². The first-order valence-electron chi connectivity index (χ1n) is 12.2. The van der Waals surface area contributed by atoms with Gasteiger partial charge in [0.25, 0.3) is 0 Å². The van der Waals surface area contributed by atoms with E-state index < -0.39 is 0 Å². The van der Waals surface area contributed by atoms with E-state index in [0.29, 0.717) is 22.3 Å². The molecular weight excluding hydrogens is 478 g/mol. The van der Waals surface area contributed by atoms with Gasteiger partial charge in [0, 0.05) is 16.5 Å². The van der Waals surface area contributed by atoms with E-state index in [9.17, 15) is 21.0 Å². The lowest BCUT2D eigenvalue weighted by atomic mass is 9.98. The van der Waals surface area contributed by atoms with Crippen molar-refractivity contribution < 1.29 is 0 Å². The SMILES string of the molecule is N#Cc1ccc(-c2ccc3c(c2)c2cc(-c4ccccc4)ccc2n3-c2ccc(C#N)c(C#N)c2)cc1C#N. The summed E-state index contributed by atoms with van der Waals surface area (Å²) in [7, 11) is 0. The van der Waals surface area contributed by atoms with Gasteiger partial charge in [0.1, 0.15) is 24.3 Å². The Kier molecular flexibility index (Phi) is 5.60. The van der Waals surface area contributed by atoms with E-state index in [2.05, 4.69) is 65.2 Å². The number of fused-ring (bicyclic) bond motifs is 3. The first kappa shape index (κ1) is 23.3. The van der Waals surface area contributed by atoms with Gasteiger partial charge in [-0.15, -0.1) is 0 Å². The fourth-order valence-electron chi connectivity index (χ4n) is 5.07. The molecule has 0 saturated carbocycles. The van der Waals surface area contributed by atoms with E-state index in [-0.39, 0.29) is 0 Å². The van der Waals surface area contributed by atoms with E-state index in [1.807, 2.05) is 42.5 Å². The summed E-state index contributed by atoms with van der Waals surface area (Å²) in [5.41, 5.74) is 8.00. The smallest absolute Gasteiger partial charge is 0.101 e. The molecule has 0 N–H and O–H groups in total. The molecule has 0 amide bonds. The van der Waals surface area contributed by atoms with E-state index in [4.69, 9.17) is 0 Å². The zero-order valence-corrected chi connectivity index (χ0v) is 20.6. The third kappa shape index (κ3) is 3.85. The largest absolute Gasteiger partial charge is 0.309 e. The molecule has 0 aliphatic rings. The van der Waals surface area contributed by atoms with E-state index >= 15 is 0 Å². The van der Waals surface area contributed by atoms with Gasteiger partial charge in [-0.2, -0.15) is 21.0 Å². The highest BCUT2D eigenvalue weighted by atomic mass is 15.0. The van der Waals surface area contributed by atoms with Gasteiger partial charge in [-0.3, -0.25) is 0 Å². The van der Waals surface area contributed by atoms with Crippen LogP contribution in [-0.2, 0) is 0 Å². The second kappa shape index (κ2) is 9.38. The molecule has 6 aromatic rings. The Bertz CT molecular complexity index is 2110. The minimum Gasteiger partial charge on any atom is -0.309 e. The normalized spacial score (nSPS) is 10.5. The molecule has 0 aliphatic heterocycles. The Labute approximate surface area is 224 Å². The van der Waals surface area contributed by atoms with Crippen molar-refractivity contribution in [2.24, 2.45) is 0 Å². The second-order valence-corrected chi connectivity index (χ2v) is 9.10. The number of aromatic nitrogens is 1. The van der Waals surface area contributed by atoms with Crippen LogP contribution < -0.4 is 0 Å². The highest BCUT2D eigenvalue weighted by molar-refractivity contribution is 6.11. The molecule has 0 fully saturated rings. The Morgan fingerprint density at radius 3 is 1.49 bits per heavy atom. The molecule has 0 bridgehead atoms. The highest BCUT2D eigenvalue weighted by Gasteiger charge is 2.16. The zero-order chi connectivity index (χ0) is 26.9. The van der Waals surface area contributed by atoms with Crippen LogP contribution in [0.4, 0.5) is 0 Å². The predicted octanol–water partition coefficient (Wildman–Crippen LogP) is 7.60. The summed E-state index contributed by atoms with van der Waals surface area (Å²) in [5, 5.41) is 40.0. The van der Waals surface area contributed by atoms with Crippen molar-refractivity contribution in [3.8, 4) is 52.2 Å².